The zero-order chi connectivity index (χ0) is 24.4. The van der Waals surface area contributed by atoms with E-state index in [-0.39, 0.29) is 28.9 Å². The predicted octanol–water partition coefficient (Wildman–Crippen LogP) is 4.41. The Morgan fingerprint density at radius 2 is 1.44 bits per heavy atom. The second-order valence-electron chi connectivity index (χ2n) is 7.42. The first-order valence-electron chi connectivity index (χ1n) is 10.2. The standard InChI is InChI=1S/C25H21ClN2O6/c1-32-20-9-8-14(13-28-24(30)15-6-4-5-7-16(15)25(28)31)10-17(20)23(29)27-19-12-22(34-3)21(33-2)11-18(19)26/h4-12H,13H2,1-3H3,(H,27,29). The van der Waals surface area contributed by atoms with Crippen molar-refractivity contribution in [3.63, 3.8) is 0 Å². The van der Waals surface area contributed by atoms with Crippen LogP contribution in [0.25, 0.3) is 0 Å². The Balaban J connectivity index is 1.61. The number of benzene rings is 3. The lowest BCUT2D eigenvalue weighted by atomic mass is 10.1. The first-order chi connectivity index (χ1) is 16.4. The van der Waals surface area contributed by atoms with Crippen molar-refractivity contribution in [3.05, 3.63) is 81.9 Å². The van der Waals surface area contributed by atoms with E-state index in [9.17, 15) is 14.4 Å². The molecule has 1 heterocycles. The molecule has 0 aliphatic carbocycles. The Bertz CT molecular complexity index is 1270. The number of hydrogen-bond donors (Lipinski definition) is 1. The molecule has 34 heavy (non-hydrogen) atoms. The molecule has 0 fully saturated rings. The first-order valence-corrected chi connectivity index (χ1v) is 10.6. The molecule has 0 aromatic heterocycles. The average Bonchev–Trinajstić information content (AvgIpc) is 3.09. The summed E-state index contributed by atoms with van der Waals surface area (Å²) in [6.45, 7) is 0.00767. The minimum atomic E-state index is -0.491. The number of anilines is 1. The number of halogens is 1. The molecule has 3 aromatic rings. The van der Waals surface area contributed by atoms with Crippen LogP contribution < -0.4 is 19.5 Å². The molecular weight excluding hydrogens is 460 g/mol. The zero-order valence-corrected chi connectivity index (χ0v) is 19.4. The van der Waals surface area contributed by atoms with Crippen LogP contribution >= 0.6 is 11.6 Å². The van der Waals surface area contributed by atoms with Gasteiger partial charge in [-0.25, -0.2) is 0 Å². The summed E-state index contributed by atoms with van der Waals surface area (Å²) in [4.78, 5) is 39.7. The number of nitrogens with one attached hydrogen (secondary N) is 1. The third-order valence-corrected chi connectivity index (χ3v) is 5.76. The van der Waals surface area contributed by atoms with Crippen LogP contribution in [0.15, 0.2) is 54.6 Å². The van der Waals surface area contributed by atoms with E-state index in [1.807, 2.05) is 0 Å². The number of hydrogen-bond acceptors (Lipinski definition) is 6. The van der Waals surface area contributed by atoms with Gasteiger partial charge in [-0.1, -0.05) is 29.8 Å². The predicted molar refractivity (Wildman–Crippen MR) is 126 cm³/mol. The van der Waals surface area contributed by atoms with Crippen molar-refractivity contribution in [2.45, 2.75) is 6.54 Å². The molecule has 1 aliphatic heterocycles. The van der Waals surface area contributed by atoms with Crippen LogP contribution in [0.5, 0.6) is 17.2 Å². The Morgan fingerprint density at radius 3 is 2.03 bits per heavy atom. The van der Waals surface area contributed by atoms with Gasteiger partial charge in [-0.05, 0) is 29.8 Å². The molecule has 3 aromatic carbocycles. The molecular formula is C25H21ClN2O6. The highest BCUT2D eigenvalue weighted by atomic mass is 35.5. The van der Waals surface area contributed by atoms with Gasteiger partial charge in [-0.3, -0.25) is 19.3 Å². The van der Waals surface area contributed by atoms with Crippen molar-refractivity contribution < 1.29 is 28.6 Å². The van der Waals surface area contributed by atoms with Crippen LogP contribution in [0.2, 0.25) is 5.02 Å². The van der Waals surface area contributed by atoms with E-state index >= 15 is 0 Å². The summed E-state index contributed by atoms with van der Waals surface area (Å²) in [5, 5.41) is 3.00. The van der Waals surface area contributed by atoms with E-state index in [2.05, 4.69) is 5.32 Å². The van der Waals surface area contributed by atoms with Gasteiger partial charge in [0.15, 0.2) is 11.5 Å². The van der Waals surface area contributed by atoms with E-state index in [1.54, 1.807) is 48.5 Å². The largest absolute Gasteiger partial charge is 0.496 e. The molecule has 0 unspecified atom stereocenters. The van der Waals surface area contributed by atoms with E-state index < -0.39 is 5.91 Å². The highest BCUT2D eigenvalue weighted by Gasteiger charge is 2.35. The number of carbonyl (C=O) groups excluding carboxylic acids is 3. The lowest BCUT2D eigenvalue weighted by Crippen LogP contribution is -2.29. The molecule has 4 rings (SSSR count). The van der Waals surface area contributed by atoms with Gasteiger partial charge in [0.1, 0.15) is 5.75 Å². The molecule has 3 amide bonds. The normalized spacial score (nSPS) is 12.4. The monoisotopic (exact) mass is 480 g/mol. The van der Waals surface area contributed by atoms with Gasteiger partial charge in [0.05, 0.1) is 55.3 Å². The third kappa shape index (κ3) is 4.15. The van der Waals surface area contributed by atoms with Gasteiger partial charge in [0.2, 0.25) is 0 Å². The van der Waals surface area contributed by atoms with Crippen molar-refractivity contribution in [1.29, 1.82) is 0 Å². The number of amides is 3. The van der Waals surface area contributed by atoms with E-state index in [0.717, 1.165) is 4.90 Å². The fourth-order valence-corrected chi connectivity index (χ4v) is 3.94. The quantitative estimate of drug-likeness (QED) is 0.503. The van der Waals surface area contributed by atoms with Crippen LogP contribution in [-0.4, -0.2) is 44.0 Å². The second kappa shape index (κ2) is 9.44. The summed E-state index contributed by atoms with van der Waals surface area (Å²) in [6.07, 6.45) is 0. The summed E-state index contributed by atoms with van der Waals surface area (Å²) in [5.74, 6) is -0.103. The van der Waals surface area contributed by atoms with Crippen molar-refractivity contribution in [3.8, 4) is 17.2 Å². The molecule has 8 nitrogen and oxygen atoms in total. The summed E-state index contributed by atoms with van der Waals surface area (Å²) in [5.41, 5.74) is 1.84. The molecule has 0 bridgehead atoms. The van der Waals surface area contributed by atoms with E-state index in [1.165, 1.54) is 27.4 Å². The molecule has 1 N–H and O–H groups in total. The highest BCUT2D eigenvalue weighted by Crippen LogP contribution is 2.36. The summed E-state index contributed by atoms with van der Waals surface area (Å²) in [7, 11) is 4.40. The maximum Gasteiger partial charge on any atom is 0.261 e. The average molecular weight is 481 g/mol. The summed E-state index contributed by atoms with van der Waals surface area (Å²) < 4.78 is 15.8. The molecule has 0 atom stereocenters. The topological polar surface area (TPSA) is 94.2 Å². The van der Waals surface area contributed by atoms with Gasteiger partial charge >= 0.3 is 0 Å². The number of imide groups is 1. The minimum absolute atomic E-state index is 0.00767. The van der Waals surface area contributed by atoms with Gasteiger partial charge in [-0.15, -0.1) is 0 Å². The Labute approximate surface area is 201 Å². The number of methoxy groups -OCH3 is 3. The van der Waals surface area contributed by atoms with Crippen molar-refractivity contribution >= 4 is 35.0 Å². The lowest BCUT2D eigenvalue weighted by molar-refractivity contribution is 0.0642. The number of ether oxygens (including phenoxy) is 3. The van der Waals surface area contributed by atoms with Crippen LogP contribution in [0.3, 0.4) is 0 Å². The van der Waals surface area contributed by atoms with Crippen LogP contribution in [0.1, 0.15) is 36.6 Å². The zero-order valence-electron chi connectivity index (χ0n) is 18.7. The van der Waals surface area contributed by atoms with Gasteiger partial charge in [-0.2, -0.15) is 0 Å². The molecule has 9 heteroatoms. The molecule has 0 spiro atoms. The van der Waals surface area contributed by atoms with Crippen molar-refractivity contribution in [1.82, 2.24) is 4.90 Å². The maximum atomic E-state index is 13.1. The number of nitrogens with zero attached hydrogens (tertiary/aromatic N) is 1. The fourth-order valence-electron chi connectivity index (χ4n) is 3.74. The molecule has 0 saturated heterocycles. The highest BCUT2D eigenvalue weighted by molar-refractivity contribution is 6.34. The SMILES string of the molecule is COc1cc(Cl)c(NC(=O)c2cc(CN3C(=O)c4ccccc4C3=O)ccc2OC)cc1OC. The molecule has 0 saturated carbocycles. The Hall–Kier alpha value is -4.04. The number of rotatable bonds is 7. The van der Waals surface area contributed by atoms with Gasteiger partial charge in [0, 0.05) is 12.1 Å². The van der Waals surface area contributed by atoms with Gasteiger partial charge in [0.25, 0.3) is 17.7 Å². The van der Waals surface area contributed by atoms with E-state index in [0.29, 0.717) is 39.6 Å². The van der Waals surface area contributed by atoms with Crippen molar-refractivity contribution in [2.24, 2.45) is 0 Å². The smallest absolute Gasteiger partial charge is 0.261 e. The summed E-state index contributed by atoms with van der Waals surface area (Å²) >= 11 is 6.30. The van der Waals surface area contributed by atoms with Crippen LogP contribution in [0, 0.1) is 0 Å². The molecule has 0 radical (unpaired) electrons. The van der Waals surface area contributed by atoms with Gasteiger partial charge < -0.3 is 19.5 Å². The van der Waals surface area contributed by atoms with Crippen LogP contribution in [-0.2, 0) is 6.54 Å². The summed E-state index contributed by atoms with van der Waals surface area (Å²) in [6, 6.07) is 14.6. The van der Waals surface area contributed by atoms with E-state index in [4.69, 9.17) is 25.8 Å². The number of carbonyl (C=O) groups is 3. The Kier molecular flexibility index (Phi) is 6.43. The number of fused-ring (bicyclic) bond motifs is 1. The fraction of sp³-hybridized carbons (Fsp3) is 0.160. The molecule has 1 aliphatic rings. The maximum absolute atomic E-state index is 13.1. The second-order valence-corrected chi connectivity index (χ2v) is 7.83. The minimum Gasteiger partial charge on any atom is -0.496 e. The van der Waals surface area contributed by atoms with Crippen LogP contribution in [0.4, 0.5) is 5.69 Å². The lowest BCUT2D eigenvalue weighted by Gasteiger charge is -2.17. The third-order valence-electron chi connectivity index (χ3n) is 5.45. The first kappa shape index (κ1) is 23.1. The Morgan fingerprint density at radius 1 is 0.853 bits per heavy atom. The van der Waals surface area contributed by atoms with Crippen molar-refractivity contribution in [2.75, 3.05) is 26.6 Å². The molecule has 174 valence electrons.